The first kappa shape index (κ1) is 11.5. The Morgan fingerprint density at radius 3 is 2.56 bits per heavy atom. The first-order valence-electron chi connectivity index (χ1n) is 4.90. The highest BCUT2D eigenvalue weighted by molar-refractivity contribution is 7.98. The van der Waals surface area contributed by atoms with Crippen molar-refractivity contribution in [1.82, 2.24) is 9.97 Å². The minimum atomic E-state index is 0.566. The fourth-order valence-electron chi connectivity index (χ4n) is 1.40. The number of thiol groups is 1. The van der Waals surface area contributed by atoms with Crippen molar-refractivity contribution < 1.29 is 0 Å². The van der Waals surface area contributed by atoms with E-state index in [0.717, 1.165) is 17.1 Å². The molecule has 0 amide bonds. The van der Waals surface area contributed by atoms with Crippen molar-refractivity contribution in [3.05, 3.63) is 42.4 Å². The largest absolute Gasteiger partial charge is 0.240 e. The minimum Gasteiger partial charge on any atom is -0.240 e. The second kappa shape index (κ2) is 5.37. The van der Waals surface area contributed by atoms with E-state index in [9.17, 15) is 0 Å². The van der Waals surface area contributed by atoms with Gasteiger partial charge in [0, 0.05) is 16.7 Å². The average Bonchev–Trinajstić information content (AvgIpc) is 2.39. The summed E-state index contributed by atoms with van der Waals surface area (Å²) in [4.78, 5) is 9.80. The second-order valence-electron chi connectivity index (χ2n) is 3.24. The molecule has 0 saturated heterocycles. The Morgan fingerprint density at radius 1 is 1.19 bits per heavy atom. The molecule has 0 aliphatic carbocycles. The van der Waals surface area contributed by atoms with E-state index in [-0.39, 0.29) is 0 Å². The Hall–Kier alpha value is -1.00. The lowest BCUT2D eigenvalue weighted by molar-refractivity contribution is 1.04. The van der Waals surface area contributed by atoms with Crippen LogP contribution >= 0.6 is 24.4 Å². The SMILES string of the molecule is CSc1ccc(-c2ccnc(CS)n2)cc1. The van der Waals surface area contributed by atoms with E-state index in [2.05, 4.69) is 53.1 Å². The van der Waals surface area contributed by atoms with Crippen LogP contribution in [0.3, 0.4) is 0 Å². The van der Waals surface area contributed by atoms with Crippen LogP contribution in [0.25, 0.3) is 11.3 Å². The first-order chi connectivity index (χ1) is 7.83. The molecule has 4 heteroatoms. The molecule has 0 bridgehead atoms. The van der Waals surface area contributed by atoms with Crippen LogP contribution in [0.15, 0.2) is 41.4 Å². The van der Waals surface area contributed by atoms with Gasteiger partial charge in [0.15, 0.2) is 0 Å². The molecule has 2 rings (SSSR count). The maximum absolute atomic E-state index is 4.42. The first-order valence-corrected chi connectivity index (χ1v) is 6.76. The molecule has 2 nitrogen and oxygen atoms in total. The quantitative estimate of drug-likeness (QED) is 0.666. The fourth-order valence-corrected chi connectivity index (χ4v) is 1.96. The smallest absolute Gasteiger partial charge is 0.138 e. The summed E-state index contributed by atoms with van der Waals surface area (Å²) in [6, 6.07) is 10.3. The maximum Gasteiger partial charge on any atom is 0.138 e. The van der Waals surface area contributed by atoms with E-state index in [4.69, 9.17) is 0 Å². The van der Waals surface area contributed by atoms with Gasteiger partial charge in [-0.15, -0.1) is 11.8 Å². The summed E-state index contributed by atoms with van der Waals surface area (Å²) in [5.74, 6) is 1.33. The zero-order chi connectivity index (χ0) is 11.4. The topological polar surface area (TPSA) is 25.8 Å². The van der Waals surface area contributed by atoms with Gasteiger partial charge >= 0.3 is 0 Å². The molecule has 0 N–H and O–H groups in total. The van der Waals surface area contributed by atoms with Gasteiger partial charge in [-0.3, -0.25) is 0 Å². The van der Waals surface area contributed by atoms with E-state index in [1.54, 1.807) is 18.0 Å². The Bertz CT molecular complexity index is 469. The molecule has 0 aliphatic heterocycles. The number of hydrogen-bond acceptors (Lipinski definition) is 4. The summed E-state index contributed by atoms with van der Waals surface area (Å²) in [5.41, 5.74) is 2.06. The van der Waals surface area contributed by atoms with E-state index in [1.807, 2.05) is 6.07 Å². The summed E-state index contributed by atoms with van der Waals surface area (Å²) in [5, 5.41) is 0. The third-order valence-electron chi connectivity index (χ3n) is 2.23. The molecule has 0 aliphatic rings. The Labute approximate surface area is 105 Å². The highest BCUT2D eigenvalue weighted by Crippen LogP contribution is 2.21. The van der Waals surface area contributed by atoms with Crippen molar-refractivity contribution in [2.45, 2.75) is 10.6 Å². The molecule has 0 fully saturated rings. The van der Waals surface area contributed by atoms with Crippen LogP contribution in [-0.4, -0.2) is 16.2 Å². The average molecular weight is 248 g/mol. The molecule has 1 heterocycles. The number of nitrogens with zero attached hydrogens (tertiary/aromatic N) is 2. The predicted octanol–water partition coefficient (Wildman–Crippen LogP) is 3.30. The number of thioether (sulfide) groups is 1. The van der Waals surface area contributed by atoms with Gasteiger partial charge < -0.3 is 0 Å². The number of aromatic nitrogens is 2. The third kappa shape index (κ3) is 2.57. The lowest BCUT2D eigenvalue weighted by Crippen LogP contribution is -1.92. The molecule has 0 saturated carbocycles. The lowest BCUT2D eigenvalue weighted by Gasteiger charge is -2.03. The third-order valence-corrected chi connectivity index (χ3v) is 3.26. The molecule has 2 aromatic rings. The molecule has 0 atom stereocenters. The molecule has 82 valence electrons. The van der Waals surface area contributed by atoms with Crippen LogP contribution in [0.5, 0.6) is 0 Å². The maximum atomic E-state index is 4.42. The van der Waals surface area contributed by atoms with Crippen molar-refractivity contribution in [1.29, 1.82) is 0 Å². The lowest BCUT2D eigenvalue weighted by atomic mass is 10.1. The molecule has 0 spiro atoms. The molecule has 0 unspecified atom stereocenters. The molecule has 1 aromatic carbocycles. The van der Waals surface area contributed by atoms with Crippen molar-refractivity contribution in [2.24, 2.45) is 0 Å². The summed E-state index contributed by atoms with van der Waals surface area (Å²) >= 11 is 5.91. The highest BCUT2D eigenvalue weighted by Gasteiger charge is 2.01. The summed E-state index contributed by atoms with van der Waals surface area (Å²) < 4.78 is 0. The summed E-state index contributed by atoms with van der Waals surface area (Å²) in [7, 11) is 0. The Kier molecular flexibility index (Phi) is 3.85. The van der Waals surface area contributed by atoms with Gasteiger partial charge in [-0.2, -0.15) is 12.6 Å². The van der Waals surface area contributed by atoms with E-state index < -0.39 is 0 Å². The normalized spacial score (nSPS) is 10.4. The van der Waals surface area contributed by atoms with Gasteiger partial charge in [0.05, 0.1) is 11.4 Å². The summed E-state index contributed by atoms with van der Waals surface area (Å²) in [6.07, 6.45) is 3.84. The van der Waals surface area contributed by atoms with Crippen LogP contribution < -0.4 is 0 Å². The Balaban J connectivity index is 2.34. The number of hydrogen-bond donors (Lipinski definition) is 1. The second-order valence-corrected chi connectivity index (χ2v) is 4.44. The minimum absolute atomic E-state index is 0.566. The van der Waals surface area contributed by atoms with Gasteiger partial charge in [-0.05, 0) is 24.5 Å². The number of rotatable bonds is 3. The molecular weight excluding hydrogens is 236 g/mol. The van der Waals surface area contributed by atoms with E-state index >= 15 is 0 Å². The van der Waals surface area contributed by atoms with Crippen molar-refractivity contribution >= 4 is 24.4 Å². The zero-order valence-corrected chi connectivity index (χ0v) is 10.6. The summed E-state index contributed by atoms with van der Waals surface area (Å²) in [6.45, 7) is 0. The molecule has 16 heavy (non-hydrogen) atoms. The highest BCUT2D eigenvalue weighted by atomic mass is 32.2. The zero-order valence-electron chi connectivity index (χ0n) is 8.92. The molecular formula is C12H12N2S2. The van der Waals surface area contributed by atoms with Crippen LogP contribution in [0.4, 0.5) is 0 Å². The van der Waals surface area contributed by atoms with Crippen LogP contribution in [0.1, 0.15) is 5.82 Å². The van der Waals surface area contributed by atoms with E-state index in [0.29, 0.717) is 5.75 Å². The Morgan fingerprint density at radius 2 is 1.94 bits per heavy atom. The fraction of sp³-hybridized carbons (Fsp3) is 0.167. The van der Waals surface area contributed by atoms with Crippen molar-refractivity contribution in [2.75, 3.05) is 6.26 Å². The van der Waals surface area contributed by atoms with Gasteiger partial charge in [-0.1, -0.05) is 12.1 Å². The van der Waals surface area contributed by atoms with Crippen molar-refractivity contribution in [3.8, 4) is 11.3 Å². The van der Waals surface area contributed by atoms with Gasteiger partial charge in [0.1, 0.15) is 5.82 Å². The van der Waals surface area contributed by atoms with Crippen LogP contribution in [0, 0.1) is 0 Å². The van der Waals surface area contributed by atoms with Gasteiger partial charge in [-0.25, -0.2) is 9.97 Å². The van der Waals surface area contributed by atoms with Crippen LogP contribution in [-0.2, 0) is 5.75 Å². The van der Waals surface area contributed by atoms with E-state index in [1.165, 1.54) is 4.90 Å². The predicted molar refractivity (Wildman–Crippen MR) is 71.9 cm³/mol. The molecule has 0 radical (unpaired) electrons. The van der Waals surface area contributed by atoms with Gasteiger partial charge in [0.25, 0.3) is 0 Å². The molecule has 1 aromatic heterocycles. The number of benzene rings is 1. The standard InChI is InChI=1S/C12H12N2S2/c1-16-10-4-2-9(3-5-10)11-6-7-13-12(8-15)14-11/h2-7,15H,8H2,1H3. The van der Waals surface area contributed by atoms with Crippen molar-refractivity contribution in [3.63, 3.8) is 0 Å². The van der Waals surface area contributed by atoms with Crippen LogP contribution in [0.2, 0.25) is 0 Å². The van der Waals surface area contributed by atoms with Gasteiger partial charge in [0.2, 0.25) is 0 Å². The monoisotopic (exact) mass is 248 g/mol.